The molecule has 0 saturated carbocycles. The van der Waals surface area contributed by atoms with Gasteiger partial charge in [0.15, 0.2) is 0 Å². The van der Waals surface area contributed by atoms with Gasteiger partial charge in [-0.3, -0.25) is 4.79 Å². The average Bonchev–Trinajstić information content (AvgIpc) is 3.10. The number of rotatable bonds is 4. The van der Waals surface area contributed by atoms with Crippen LogP contribution in [0.2, 0.25) is 0 Å². The van der Waals surface area contributed by atoms with E-state index < -0.39 is 0 Å². The monoisotopic (exact) mass is 310 g/mol. The maximum Gasteiger partial charge on any atom is 0.253 e. The molecule has 1 heterocycles. The van der Waals surface area contributed by atoms with Gasteiger partial charge >= 0.3 is 0 Å². The first-order valence-corrected chi connectivity index (χ1v) is 7.95. The van der Waals surface area contributed by atoms with Crippen LogP contribution in [0.15, 0.2) is 48.5 Å². The molecule has 3 rings (SSSR count). The fraction of sp³-hybridized carbons (Fsp3) is 0.316. The molecule has 23 heavy (non-hydrogen) atoms. The van der Waals surface area contributed by atoms with E-state index in [1.807, 2.05) is 53.4 Å². The van der Waals surface area contributed by atoms with Crippen LogP contribution in [-0.4, -0.2) is 37.6 Å². The molecule has 1 saturated heterocycles. The minimum Gasteiger partial charge on any atom is -0.496 e. The van der Waals surface area contributed by atoms with Crippen molar-refractivity contribution in [2.75, 3.05) is 26.7 Å². The van der Waals surface area contributed by atoms with Crippen molar-refractivity contribution in [3.05, 3.63) is 54.1 Å². The Labute approximate surface area is 136 Å². The average molecular weight is 310 g/mol. The van der Waals surface area contributed by atoms with E-state index in [2.05, 4.69) is 0 Å². The fourth-order valence-electron chi connectivity index (χ4n) is 3.08. The summed E-state index contributed by atoms with van der Waals surface area (Å²) in [5.41, 5.74) is 8.40. The molecule has 2 aromatic rings. The second-order valence-electron chi connectivity index (χ2n) is 5.92. The van der Waals surface area contributed by atoms with Crippen LogP contribution in [0.1, 0.15) is 16.8 Å². The molecular weight excluding hydrogens is 288 g/mol. The number of hydrogen-bond donors (Lipinski definition) is 1. The SMILES string of the molecule is COc1ccc(C(=O)N2CC[C@@H](CN)C2)cc1-c1ccccc1. The summed E-state index contributed by atoms with van der Waals surface area (Å²) in [4.78, 5) is 14.6. The third kappa shape index (κ3) is 3.22. The summed E-state index contributed by atoms with van der Waals surface area (Å²) < 4.78 is 5.45. The molecule has 1 aliphatic heterocycles. The Kier molecular flexibility index (Phi) is 4.63. The van der Waals surface area contributed by atoms with Crippen molar-refractivity contribution in [2.45, 2.75) is 6.42 Å². The van der Waals surface area contributed by atoms with Gasteiger partial charge in [0.1, 0.15) is 5.75 Å². The lowest BCUT2D eigenvalue weighted by molar-refractivity contribution is 0.0787. The van der Waals surface area contributed by atoms with Crippen LogP contribution in [0.5, 0.6) is 5.75 Å². The lowest BCUT2D eigenvalue weighted by Gasteiger charge is -2.18. The molecule has 1 atom stereocenters. The predicted octanol–water partition coefficient (Wildman–Crippen LogP) is 2.78. The van der Waals surface area contributed by atoms with Crippen LogP contribution in [0, 0.1) is 5.92 Å². The zero-order valence-electron chi connectivity index (χ0n) is 13.4. The smallest absolute Gasteiger partial charge is 0.253 e. The molecule has 1 aliphatic rings. The Balaban J connectivity index is 1.91. The summed E-state index contributed by atoms with van der Waals surface area (Å²) >= 11 is 0. The van der Waals surface area contributed by atoms with E-state index in [-0.39, 0.29) is 5.91 Å². The molecule has 4 nitrogen and oxygen atoms in total. The summed E-state index contributed by atoms with van der Waals surface area (Å²) in [6.45, 7) is 2.18. The van der Waals surface area contributed by atoms with Gasteiger partial charge in [0.25, 0.3) is 5.91 Å². The maximum atomic E-state index is 12.7. The number of carbonyl (C=O) groups is 1. The first-order valence-electron chi connectivity index (χ1n) is 7.95. The Hall–Kier alpha value is -2.33. The summed E-state index contributed by atoms with van der Waals surface area (Å²) in [5.74, 6) is 1.26. The highest BCUT2D eigenvalue weighted by atomic mass is 16.5. The topological polar surface area (TPSA) is 55.6 Å². The van der Waals surface area contributed by atoms with Gasteiger partial charge in [-0.2, -0.15) is 0 Å². The summed E-state index contributed by atoms with van der Waals surface area (Å²) in [6, 6.07) is 15.6. The van der Waals surface area contributed by atoms with Crippen LogP contribution in [0.25, 0.3) is 11.1 Å². The van der Waals surface area contributed by atoms with Crippen molar-refractivity contribution in [3.63, 3.8) is 0 Å². The molecule has 1 amide bonds. The van der Waals surface area contributed by atoms with Crippen molar-refractivity contribution in [3.8, 4) is 16.9 Å². The van der Waals surface area contributed by atoms with Gasteiger partial charge < -0.3 is 15.4 Å². The lowest BCUT2D eigenvalue weighted by Crippen LogP contribution is -2.29. The van der Waals surface area contributed by atoms with E-state index in [1.54, 1.807) is 7.11 Å². The minimum atomic E-state index is 0.0702. The van der Waals surface area contributed by atoms with E-state index >= 15 is 0 Å². The van der Waals surface area contributed by atoms with Crippen molar-refractivity contribution in [2.24, 2.45) is 11.7 Å². The number of ether oxygens (including phenoxy) is 1. The number of carbonyl (C=O) groups excluding carboxylic acids is 1. The first kappa shape index (κ1) is 15.6. The number of likely N-dealkylation sites (tertiary alicyclic amines) is 1. The van der Waals surface area contributed by atoms with E-state index in [9.17, 15) is 4.79 Å². The summed E-state index contributed by atoms with van der Waals surface area (Å²) in [7, 11) is 1.65. The van der Waals surface area contributed by atoms with Gasteiger partial charge in [-0.15, -0.1) is 0 Å². The Morgan fingerprint density at radius 2 is 2.04 bits per heavy atom. The number of amides is 1. The molecule has 0 aliphatic carbocycles. The number of methoxy groups -OCH3 is 1. The molecule has 1 fully saturated rings. The fourth-order valence-corrected chi connectivity index (χ4v) is 3.08. The van der Waals surface area contributed by atoms with Gasteiger partial charge in [-0.25, -0.2) is 0 Å². The standard InChI is InChI=1S/C19H22N2O2/c1-23-18-8-7-16(11-17(18)15-5-3-2-4-6-15)19(22)21-10-9-14(12-20)13-21/h2-8,11,14H,9-10,12-13,20H2,1H3/t14-/m0/s1. The van der Waals surface area contributed by atoms with Crippen molar-refractivity contribution >= 4 is 5.91 Å². The molecule has 0 spiro atoms. The number of nitrogens with two attached hydrogens (primary N) is 1. The van der Waals surface area contributed by atoms with Crippen LogP contribution in [0.3, 0.4) is 0 Å². The van der Waals surface area contributed by atoms with E-state index in [0.29, 0.717) is 18.0 Å². The van der Waals surface area contributed by atoms with Gasteiger partial charge in [0, 0.05) is 24.2 Å². The zero-order chi connectivity index (χ0) is 16.2. The molecular formula is C19H22N2O2. The third-order valence-electron chi connectivity index (χ3n) is 4.44. The highest BCUT2D eigenvalue weighted by molar-refractivity contribution is 5.96. The van der Waals surface area contributed by atoms with Gasteiger partial charge in [-0.1, -0.05) is 30.3 Å². The number of hydrogen-bond acceptors (Lipinski definition) is 3. The molecule has 0 bridgehead atoms. The highest BCUT2D eigenvalue weighted by Crippen LogP contribution is 2.31. The van der Waals surface area contributed by atoms with Crippen LogP contribution >= 0.6 is 0 Å². The molecule has 2 N–H and O–H groups in total. The minimum absolute atomic E-state index is 0.0702. The van der Waals surface area contributed by atoms with Crippen molar-refractivity contribution in [1.29, 1.82) is 0 Å². The first-order chi connectivity index (χ1) is 11.2. The van der Waals surface area contributed by atoms with Crippen LogP contribution in [-0.2, 0) is 0 Å². The van der Waals surface area contributed by atoms with Gasteiger partial charge in [-0.05, 0) is 42.6 Å². The third-order valence-corrected chi connectivity index (χ3v) is 4.44. The molecule has 0 aromatic heterocycles. The maximum absolute atomic E-state index is 12.7. The Morgan fingerprint density at radius 3 is 2.70 bits per heavy atom. The molecule has 0 unspecified atom stereocenters. The Morgan fingerprint density at radius 1 is 1.26 bits per heavy atom. The quantitative estimate of drug-likeness (QED) is 0.945. The van der Waals surface area contributed by atoms with Gasteiger partial charge in [0.05, 0.1) is 7.11 Å². The molecule has 0 radical (unpaired) electrons. The van der Waals surface area contributed by atoms with Crippen LogP contribution in [0.4, 0.5) is 0 Å². The lowest BCUT2D eigenvalue weighted by atomic mass is 10.0. The van der Waals surface area contributed by atoms with E-state index in [0.717, 1.165) is 36.4 Å². The second-order valence-corrected chi connectivity index (χ2v) is 5.92. The summed E-state index contributed by atoms with van der Waals surface area (Å²) in [5, 5.41) is 0. The highest BCUT2D eigenvalue weighted by Gasteiger charge is 2.26. The van der Waals surface area contributed by atoms with Crippen molar-refractivity contribution < 1.29 is 9.53 Å². The van der Waals surface area contributed by atoms with Crippen molar-refractivity contribution in [1.82, 2.24) is 4.90 Å². The van der Waals surface area contributed by atoms with Crippen LogP contribution < -0.4 is 10.5 Å². The van der Waals surface area contributed by atoms with E-state index in [1.165, 1.54) is 0 Å². The van der Waals surface area contributed by atoms with Gasteiger partial charge in [0.2, 0.25) is 0 Å². The largest absolute Gasteiger partial charge is 0.496 e. The predicted molar refractivity (Wildman–Crippen MR) is 91.5 cm³/mol. The molecule has 120 valence electrons. The number of nitrogens with zero attached hydrogens (tertiary/aromatic N) is 1. The normalized spacial score (nSPS) is 17.3. The number of benzene rings is 2. The second kappa shape index (κ2) is 6.84. The van der Waals surface area contributed by atoms with E-state index in [4.69, 9.17) is 10.5 Å². The molecule has 4 heteroatoms. The Bertz CT molecular complexity index is 685. The summed E-state index contributed by atoms with van der Waals surface area (Å²) in [6.07, 6.45) is 0.990. The molecule has 2 aromatic carbocycles. The zero-order valence-corrected chi connectivity index (χ0v) is 13.4.